The van der Waals surface area contributed by atoms with Gasteiger partial charge in [0.05, 0.1) is 22.9 Å². The van der Waals surface area contributed by atoms with Crippen molar-refractivity contribution in [2.45, 2.75) is 37.5 Å². The lowest BCUT2D eigenvalue weighted by atomic mass is 9.79. The molecular formula is C30H37FN4O3S. The van der Waals surface area contributed by atoms with Gasteiger partial charge in [0.1, 0.15) is 5.82 Å². The molecule has 7 nitrogen and oxygen atoms in total. The van der Waals surface area contributed by atoms with E-state index < -0.39 is 10.0 Å². The van der Waals surface area contributed by atoms with Gasteiger partial charge in [-0.1, -0.05) is 32.9 Å². The maximum Gasteiger partial charge on any atom is 0.243 e. The molecule has 2 N–H and O–H groups in total. The first-order chi connectivity index (χ1) is 18.6. The summed E-state index contributed by atoms with van der Waals surface area (Å²) < 4.78 is 47.8. The number of hydrazine groups is 1. The molecule has 39 heavy (non-hydrogen) atoms. The van der Waals surface area contributed by atoms with E-state index in [1.807, 2.05) is 23.3 Å². The van der Waals surface area contributed by atoms with Gasteiger partial charge in [0.15, 0.2) is 0 Å². The molecule has 9 heteroatoms. The number of halogens is 1. The molecule has 0 saturated carbocycles. The zero-order chi connectivity index (χ0) is 27.8. The molecule has 5 rings (SSSR count). The van der Waals surface area contributed by atoms with Crippen LogP contribution >= 0.6 is 0 Å². The van der Waals surface area contributed by atoms with E-state index in [0.717, 1.165) is 33.7 Å². The van der Waals surface area contributed by atoms with Crippen LogP contribution in [0.2, 0.25) is 0 Å². The molecule has 1 atom stereocenters. The Balaban J connectivity index is 1.44. The number of allylic oxidation sites excluding steroid dienone is 2. The van der Waals surface area contributed by atoms with Crippen molar-refractivity contribution in [3.8, 4) is 0 Å². The zero-order valence-corrected chi connectivity index (χ0v) is 23.8. The van der Waals surface area contributed by atoms with Gasteiger partial charge in [-0.05, 0) is 71.0 Å². The van der Waals surface area contributed by atoms with Crippen LogP contribution in [0.4, 0.5) is 10.1 Å². The molecular weight excluding hydrogens is 515 g/mol. The summed E-state index contributed by atoms with van der Waals surface area (Å²) in [5, 5.41) is 5.44. The predicted octanol–water partition coefficient (Wildman–Crippen LogP) is 4.47. The number of nitrogens with one attached hydrogen (secondary N) is 2. The molecule has 0 radical (unpaired) electrons. The summed E-state index contributed by atoms with van der Waals surface area (Å²) in [5.74, 6) is -0.299. The van der Waals surface area contributed by atoms with Gasteiger partial charge in [-0.2, -0.15) is 4.31 Å². The number of nitrogens with zero attached hydrogens (tertiary/aromatic N) is 2. The second-order valence-electron chi connectivity index (χ2n) is 11.2. The van der Waals surface area contributed by atoms with Crippen LogP contribution < -0.4 is 15.8 Å². The summed E-state index contributed by atoms with van der Waals surface area (Å²) in [6, 6.07) is 13.7. The van der Waals surface area contributed by atoms with Gasteiger partial charge in [-0.3, -0.25) is 5.01 Å². The van der Waals surface area contributed by atoms with Crippen molar-refractivity contribution in [2.75, 3.05) is 44.9 Å². The molecule has 3 aliphatic rings. The van der Waals surface area contributed by atoms with Crippen LogP contribution in [0, 0.1) is 11.7 Å². The van der Waals surface area contributed by atoms with E-state index in [-0.39, 0.29) is 17.2 Å². The maximum atomic E-state index is 13.7. The van der Waals surface area contributed by atoms with E-state index >= 15 is 0 Å². The molecule has 0 amide bonds. The van der Waals surface area contributed by atoms with Gasteiger partial charge in [0, 0.05) is 51.0 Å². The van der Waals surface area contributed by atoms with Gasteiger partial charge in [-0.25, -0.2) is 12.8 Å². The summed E-state index contributed by atoms with van der Waals surface area (Å²) in [6.07, 6.45) is 4.75. The van der Waals surface area contributed by atoms with Gasteiger partial charge in [0.25, 0.3) is 0 Å². The van der Waals surface area contributed by atoms with E-state index in [0.29, 0.717) is 44.1 Å². The molecule has 0 fully saturated rings. The van der Waals surface area contributed by atoms with Crippen molar-refractivity contribution < 1.29 is 17.5 Å². The molecule has 0 aromatic heterocycles. The summed E-state index contributed by atoms with van der Waals surface area (Å²) in [6.45, 7) is 9.04. The minimum Gasteiger partial charge on any atom is -0.383 e. The summed E-state index contributed by atoms with van der Waals surface area (Å²) >= 11 is 0. The fourth-order valence-corrected chi connectivity index (χ4v) is 6.82. The van der Waals surface area contributed by atoms with E-state index in [2.05, 4.69) is 37.6 Å². The van der Waals surface area contributed by atoms with Crippen LogP contribution in [0.15, 0.2) is 88.1 Å². The Kier molecular flexibility index (Phi) is 7.70. The number of ether oxygens (including phenoxy) is 1. The number of anilines is 1. The standard InChI is InChI=1S/C30H37FN4O3S/c1-30(2,3)22-5-11-25(12-6-22)39(36,37)34-15-13-21-17-29-27(26(28(21)20-34)18-32-14-16-38-4)19-33-35(29)24-9-7-23(31)8-10-24/h5-12,17,19,26,32-33H,13-16,18,20H2,1-4H3/t26-/m1/s1. The molecule has 0 unspecified atom stereocenters. The summed E-state index contributed by atoms with van der Waals surface area (Å²) in [4.78, 5) is 0.325. The quantitative estimate of drug-likeness (QED) is 0.471. The molecule has 1 aliphatic carbocycles. The van der Waals surface area contributed by atoms with Crippen LogP contribution in [-0.4, -0.2) is 52.6 Å². The predicted molar refractivity (Wildman–Crippen MR) is 152 cm³/mol. The molecule has 0 spiro atoms. The van der Waals surface area contributed by atoms with Crippen molar-refractivity contribution in [2.24, 2.45) is 5.92 Å². The highest BCUT2D eigenvalue weighted by Gasteiger charge is 2.39. The number of benzene rings is 2. The average molecular weight is 553 g/mol. The van der Waals surface area contributed by atoms with Crippen LogP contribution in [-0.2, 0) is 20.2 Å². The largest absolute Gasteiger partial charge is 0.383 e. The molecule has 2 aromatic carbocycles. The van der Waals surface area contributed by atoms with Crippen molar-refractivity contribution in [1.82, 2.24) is 15.0 Å². The van der Waals surface area contributed by atoms with E-state index in [1.165, 1.54) is 12.1 Å². The van der Waals surface area contributed by atoms with Gasteiger partial charge in [-0.15, -0.1) is 0 Å². The van der Waals surface area contributed by atoms with Crippen molar-refractivity contribution in [3.05, 3.63) is 94.6 Å². The first kappa shape index (κ1) is 27.6. The number of hydrogen-bond donors (Lipinski definition) is 2. The van der Waals surface area contributed by atoms with E-state index in [1.54, 1.807) is 35.7 Å². The molecule has 0 bridgehead atoms. The molecule has 2 aromatic rings. The number of fused-ring (bicyclic) bond motifs is 1. The lowest BCUT2D eigenvalue weighted by molar-refractivity contribution is 0.198. The Morgan fingerprint density at radius 2 is 1.82 bits per heavy atom. The fraction of sp³-hybridized carbons (Fsp3) is 0.400. The summed E-state index contributed by atoms with van der Waals surface area (Å²) in [5.41, 5.74) is 9.57. The lowest BCUT2D eigenvalue weighted by Crippen LogP contribution is -2.42. The Morgan fingerprint density at radius 1 is 1.10 bits per heavy atom. The normalized spacial score (nSPS) is 19.8. The van der Waals surface area contributed by atoms with Gasteiger partial charge in [0.2, 0.25) is 10.0 Å². The van der Waals surface area contributed by atoms with Crippen LogP contribution in [0.5, 0.6) is 0 Å². The number of rotatable bonds is 8. The molecule has 0 saturated heterocycles. The third-order valence-corrected chi connectivity index (χ3v) is 9.52. The Labute approximate surface area is 231 Å². The Hall–Kier alpha value is -2.98. The minimum absolute atomic E-state index is 0.0175. The highest BCUT2D eigenvalue weighted by molar-refractivity contribution is 7.89. The third kappa shape index (κ3) is 5.54. The van der Waals surface area contributed by atoms with Crippen LogP contribution in [0.3, 0.4) is 0 Å². The van der Waals surface area contributed by atoms with Crippen molar-refractivity contribution >= 4 is 15.7 Å². The van der Waals surface area contributed by atoms with Crippen molar-refractivity contribution in [3.63, 3.8) is 0 Å². The Morgan fingerprint density at radius 3 is 2.49 bits per heavy atom. The maximum absolute atomic E-state index is 13.7. The monoisotopic (exact) mass is 552 g/mol. The molecule has 2 heterocycles. The van der Waals surface area contributed by atoms with E-state index in [4.69, 9.17) is 4.74 Å². The van der Waals surface area contributed by atoms with E-state index in [9.17, 15) is 12.8 Å². The SMILES string of the molecule is COCCNC[C@@H]1C2=CNN(c3ccc(F)cc3)C2=CC2=C1CN(S(=O)(=O)c1ccc(C(C)(C)C)cc1)CC2. The Bertz CT molecular complexity index is 1410. The smallest absolute Gasteiger partial charge is 0.243 e. The number of methoxy groups -OCH3 is 1. The fourth-order valence-electron chi connectivity index (χ4n) is 5.40. The first-order valence-corrected chi connectivity index (χ1v) is 14.8. The number of sulfonamides is 1. The van der Waals surface area contributed by atoms with Gasteiger partial charge >= 0.3 is 0 Å². The second-order valence-corrected chi connectivity index (χ2v) is 13.2. The van der Waals surface area contributed by atoms with Crippen LogP contribution in [0.1, 0.15) is 32.8 Å². The van der Waals surface area contributed by atoms with Crippen molar-refractivity contribution in [1.29, 1.82) is 0 Å². The highest BCUT2D eigenvalue weighted by Crippen LogP contribution is 2.42. The third-order valence-electron chi connectivity index (χ3n) is 7.66. The topological polar surface area (TPSA) is 73.9 Å². The second kappa shape index (κ2) is 10.9. The van der Waals surface area contributed by atoms with Gasteiger partial charge < -0.3 is 15.5 Å². The molecule has 2 aliphatic heterocycles. The first-order valence-electron chi connectivity index (χ1n) is 13.4. The van der Waals surface area contributed by atoms with Crippen LogP contribution in [0.25, 0.3) is 0 Å². The summed E-state index contributed by atoms with van der Waals surface area (Å²) in [7, 11) is -1.98. The minimum atomic E-state index is -3.65. The average Bonchev–Trinajstić information content (AvgIpc) is 3.34. The molecule has 208 valence electrons. The zero-order valence-electron chi connectivity index (χ0n) is 23.0. The number of hydrogen-bond acceptors (Lipinski definition) is 6. The lowest BCUT2D eigenvalue weighted by Gasteiger charge is -2.37. The highest BCUT2D eigenvalue weighted by atomic mass is 32.2.